The van der Waals surface area contributed by atoms with Gasteiger partial charge in [0.2, 0.25) is 5.89 Å². The van der Waals surface area contributed by atoms with E-state index in [1.54, 1.807) is 0 Å². The summed E-state index contributed by atoms with van der Waals surface area (Å²) in [7, 11) is 1.88. The van der Waals surface area contributed by atoms with Crippen LogP contribution in [0.2, 0.25) is 0 Å². The molecular weight excluding hydrogens is 192 g/mol. The molecule has 15 heavy (non-hydrogen) atoms. The van der Waals surface area contributed by atoms with Crippen LogP contribution in [-0.4, -0.2) is 30.3 Å². The molecule has 0 aliphatic carbocycles. The summed E-state index contributed by atoms with van der Waals surface area (Å²) in [6.45, 7) is 9.93. The highest BCUT2D eigenvalue weighted by Gasteiger charge is 2.26. The highest BCUT2D eigenvalue weighted by atomic mass is 16.5. The smallest absolute Gasteiger partial charge is 0.266 e. The highest BCUT2D eigenvalue weighted by molar-refractivity contribution is 5.27. The molecule has 1 rings (SSSR count). The summed E-state index contributed by atoms with van der Waals surface area (Å²) in [5.41, 5.74) is -0.279. The molecule has 0 aliphatic heterocycles. The fraction of sp³-hybridized carbons (Fsp3) is 0.800. The van der Waals surface area contributed by atoms with E-state index in [2.05, 4.69) is 34.2 Å². The maximum absolute atomic E-state index is 5.24. The predicted molar refractivity (Wildman–Crippen MR) is 59.9 cm³/mol. The Morgan fingerprint density at radius 1 is 1.33 bits per heavy atom. The first-order chi connectivity index (χ1) is 7.05. The topological polar surface area (TPSA) is 54.2 Å². The molecule has 0 amide bonds. The second-order valence-corrected chi connectivity index (χ2v) is 3.95. The van der Waals surface area contributed by atoms with Crippen LogP contribution in [0.3, 0.4) is 0 Å². The van der Waals surface area contributed by atoms with Crippen LogP contribution in [0.4, 0.5) is 5.95 Å². The molecule has 0 bridgehead atoms. The summed E-state index contributed by atoms with van der Waals surface area (Å²) in [6, 6.07) is 0. The van der Waals surface area contributed by atoms with E-state index < -0.39 is 0 Å². The van der Waals surface area contributed by atoms with E-state index in [1.165, 1.54) is 0 Å². The highest BCUT2D eigenvalue weighted by Crippen LogP contribution is 2.19. The second kappa shape index (κ2) is 4.61. The maximum Gasteiger partial charge on any atom is 0.266 e. The average molecular weight is 212 g/mol. The zero-order valence-electron chi connectivity index (χ0n) is 10.2. The quantitative estimate of drug-likeness (QED) is 0.799. The number of hydrogen-bond acceptors (Lipinski definition) is 5. The van der Waals surface area contributed by atoms with Crippen LogP contribution in [0, 0.1) is 0 Å². The Bertz CT molecular complexity index is 304. The molecule has 0 spiro atoms. The monoisotopic (exact) mass is 212 g/mol. The Morgan fingerprint density at radius 2 is 1.93 bits per heavy atom. The van der Waals surface area contributed by atoms with Gasteiger partial charge in [-0.25, -0.2) is 0 Å². The lowest BCUT2D eigenvalue weighted by atomic mass is 10.1. The van der Waals surface area contributed by atoms with Crippen molar-refractivity contribution in [1.82, 2.24) is 15.5 Å². The molecular formula is C10H20N4O. The van der Waals surface area contributed by atoms with Gasteiger partial charge in [0.25, 0.3) is 5.95 Å². The molecule has 86 valence electrons. The van der Waals surface area contributed by atoms with Gasteiger partial charge in [-0.15, -0.1) is 0 Å². The first-order valence-electron chi connectivity index (χ1n) is 5.33. The molecule has 1 aromatic rings. The van der Waals surface area contributed by atoms with Crippen LogP contribution in [0.1, 0.15) is 33.6 Å². The Hall–Kier alpha value is -1.10. The molecule has 1 N–H and O–H groups in total. The van der Waals surface area contributed by atoms with Crippen molar-refractivity contribution in [1.29, 1.82) is 0 Å². The van der Waals surface area contributed by atoms with Crippen LogP contribution >= 0.6 is 0 Å². The van der Waals surface area contributed by atoms with Crippen molar-refractivity contribution < 1.29 is 4.52 Å². The van der Waals surface area contributed by atoms with Crippen LogP contribution in [-0.2, 0) is 5.54 Å². The molecule has 5 heteroatoms. The van der Waals surface area contributed by atoms with Gasteiger partial charge < -0.3 is 14.7 Å². The summed E-state index contributed by atoms with van der Waals surface area (Å²) in [6.07, 6.45) is 0. The maximum atomic E-state index is 5.24. The normalized spacial score (nSPS) is 11.8. The lowest BCUT2D eigenvalue weighted by molar-refractivity contribution is 0.280. The van der Waals surface area contributed by atoms with Crippen molar-refractivity contribution in [3.8, 4) is 0 Å². The zero-order chi connectivity index (χ0) is 11.5. The third-order valence-electron chi connectivity index (χ3n) is 2.62. The van der Waals surface area contributed by atoms with Gasteiger partial charge in [-0.2, -0.15) is 4.98 Å². The van der Waals surface area contributed by atoms with E-state index in [-0.39, 0.29) is 5.54 Å². The minimum Gasteiger partial charge on any atom is -0.339 e. The lowest BCUT2D eigenvalue weighted by Crippen LogP contribution is -2.33. The van der Waals surface area contributed by atoms with Gasteiger partial charge in [0.15, 0.2) is 0 Å². The Balaban J connectivity index is 2.89. The van der Waals surface area contributed by atoms with Crippen LogP contribution < -0.4 is 10.2 Å². The van der Waals surface area contributed by atoms with Gasteiger partial charge in [0.1, 0.15) is 0 Å². The number of hydrogen-bond donors (Lipinski definition) is 1. The van der Waals surface area contributed by atoms with E-state index in [0.717, 1.165) is 13.1 Å². The van der Waals surface area contributed by atoms with Gasteiger partial charge in [-0.1, -0.05) is 0 Å². The number of aromatic nitrogens is 2. The summed E-state index contributed by atoms with van der Waals surface area (Å²) in [4.78, 5) is 6.43. The van der Waals surface area contributed by atoms with E-state index in [1.807, 2.05) is 20.9 Å². The fourth-order valence-electron chi connectivity index (χ4n) is 1.21. The van der Waals surface area contributed by atoms with Crippen molar-refractivity contribution in [2.75, 3.05) is 25.0 Å². The van der Waals surface area contributed by atoms with Crippen LogP contribution in [0.5, 0.6) is 0 Å². The van der Waals surface area contributed by atoms with Crippen LogP contribution in [0.25, 0.3) is 0 Å². The molecule has 0 saturated carbocycles. The lowest BCUT2D eigenvalue weighted by Gasteiger charge is -2.18. The Morgan fingerprint density at radius 3 is 2.40 bits per heavy atom. The SMILES string of the molecule is CCN(CC)c1noc(C(C)(C)NC)n1. The van der Waals surface area contributed by atoms with Gasteiger partial charge in [0.05, 0.1) is 5.54 Å². The van der Waals surface area contributed by atoms with Gasteiger partial charge in [0, 0.05) is 13.1 Å². The van der Waals surface area contributed by atoms with Crippen molar-refractivity contribution >= 4 is 5.95 Å². The third-order valence-corrected chi connectivity index (χ3v) is 2.62. The standard InChI is InChI=1S/C10H20N4O/c1-6-14(7-2)9-12-8(15-13-9)10(3,4)11-5/h11H,6-7H2,1-5H3. The van der Waals surface area contributed by atoms with Crippen LogP contribution in [0.15, 0.2) is 4.52 Å². The van der Waals surface area contributed by atoms with E-state index >= 15 is 0 Å². The molecule has 0 fully saturated rings. The Labute approximate surface area is 90.8 Å². The van der Waals surface area contributed by atoms with Crippen molar-refractivity contribution in [3.63, 3.8) is 0 Å². The number of nitrogens with one attached hydrogen (secondary N) is 1. The van der Waals surface area contributed by atoms with E-state index in [4.69, 9.17) is 4.52 Å². The largest absolute Gasteiger partial charge is 0.339 e. The minimum atomic E-state index is -0.279. The number of nitrogens with zero attached hydrogens (tertiary/aromatic N) is 3. The fourth-order valence-corrected chi connectivity index (χ4v) is 1.21. The molecule has 1 heterocycles. The first-order valence-corrected chi connectivity index (χ1v) is 5.33. The molecule has 0 saturated heterocycles. The second-order valence-electron chi connectivity index (χ2n) is 3.95. The summed E-state index contributed by atoms with van der Waals surface area (Å²) >= 11 is 0. The molecule has 0 aromatic carbocycles. The van der Waals surface area contributed by atoms with Gasteiger partial charge >= 0.3 is 0 Å². The summed E-state index contributed by atoms with van der Waals surface area (Å²) in [5.74, 6) is 1.28. The van der Waals surface area contributed by atoms with Gasteiger partial charge in [-0.05, 0) is 39.9 Å². The molecule has 1 aromatic heterocycles. The molecule has 0 atom stereocenters. The Kier molecular flexibility index (Phi) is 3.68. The molecule has 0 unspecified atom stereocenters. The van der Waals surface area contributed by atoms with Crippen molar-refractivity contribution in [2.24, 2.45) is 0 Å². The zero-order valence-corrected chi connectivity index (χ0v) is 10.2. The third kappa shape index (κ3) is 2.47. The van der Waals surface area contributed by atoms with Crippen molar-refractivity contribution in [3.05, 3.63) is 5.89 Å². The first kappa shape index (κ1) is 12.0. The number of anilines is 1. The van der Waals surface area contributed by atoms with E-state index in [0.29, 0.717) is 11.8 Å². The average Bonchev–Trinajstić information content (AvgIpc) is 2.70. The summed E-state index contributed by atoms with van der Waals surface area (Å²) < 4.78 is 5.24. The van der Waals surface area contributed by atoms with Crippen molar-refractivity contribution in [2.45, 2.75) is 33.2 Å². The molecule has 0 aliphatic rings. The van der Waals surface area contributed by atoms with E-state index in [9.17, 15) is 0 Å². The van der Waals surface area contributed by atoms with Gasteiger partial charge in [-0.3, -0.25) is 0 Å². The number of rotatable bonds is 5. The predicted octanol–water partition coefficient (Wildman–Crippen LogP) is 1.37. The minimum absolute atomic E-state index is 0.279. The molecule has 0 radical (unpaired) electrons. The molecule has 5 nitrogen and oxygen atoms in total. The summed E-state index contributed by atoms with van der Waals surface area (Å²) in [5, 5.41) is 7.10.